The Morgan fingerprint density at radius 3 is 2.58 bits per heavy atom. The van der Waals surface area contributed by atoms with Gasteiger partial charge in [-0.3, -0.25) is 4.98 Å². The van der Waals surface area contributed by atoms with Gasteiger partial charge in [0, 0.05) is 17.3 Å². The monoisotopic (exact) mass is 340 g/mol. The topological polar surface area (TPSA) is 71.8 Å². The van der Waals surface area contributed by atoms with Gasteiger partial charge in [0.05, 0.1) is 22.4 Å². The van der Waals surface area contributed by atoms with Gasteiger partial charge < -0.3 is 4.98 Å². The Hall–Kier alpha value is -3.54. The fraction of sp³-hybridized carbons (Fsp3) is 0.100. The fourth-order valence-electron chi connectivity index (χ4n) is 3.10. The second-order valence-electron chi connectivity index (χ2n) is 6.34. The Morgan fingerprint density at radius 1 is 0.923 bits per heavy atom. The van der Waals surface area contributed by atoms with Crippen LogP contribution in [0.4, 0.5) is 0 Å². The standard InChI is InChI=1S/C20H16N6/c1-12-11-21-13(2)20-24-19(25-26(12)20)15-8-9-16-17(10-15)23-18(22-16)14-6-4-3-5-7-14/h3-11H,1-2H3,(H,22,23). The number of nitrogens with one attached hydrogen (secondary N) is 1. The summed E-state index contributed by atoms with van der Waals surface area (Å²) in [6, 6.07) is 16.1. The Bertz CT molecular complexity index is 1210. The highest BCUT2D eigenvalue weighted by Gasteiger charge is 2.12. The average molecular weight is 340 g/mol. The minimum atomic E-state index is 0.682. The van der Waals surface area contributed by atoms with Crippen molar-refractivity contribution in [1.29, 1.82) is 0 Å². The molecular weight excluding hydrogens is 324 g/mol. The molecule has 0 aliphatic rings. The molecule has 0 unspecified atom stereocenters. The largest absolute Gasteiger partial charge is 0.338 e. The van der Waals surface area contributed by atoms with E-state index in [1.54, 1.807) is 0 Å². The van der Waals surface area contributed by atoms with Gasteiger partial charge in [0.25, 0.3) is 0 Å². The summed E-state index contributed by atoms with van der Waals surface area (Å²) < 4.78 is 1.84. The number of benzene rings is 2. The second kappa shape index (κ2) is 5.49. The number of hydrogen-bond acceptors (Lipinski definition) is 4. The number of aryl methyl sites for hydroxylation is 2. The molecular formula is C20H16N6. The van der Waals surface area contributed by atoms with Gasteiger partial charge in [-0.05, 0) is 32.0 Å². The zero-order valence-electron chi connectivity index (χ0n) is 14.4. The van der Waals surface area contributed by atoms with Crippen LogP contribution in [0.1, 0.15) is 11.4 Å². The number of fused-ring (bicyclic) bond motifs is 2. The lowest BCUT2D eigenvalue weighted by atomic mass is 10.2. The fourth-order valence-corrected chi connectivity index (χ4v) is 3.10. The summed E-state index contributed by atoms with van der Waals surface area (Å²) in [5.74, 6) is 1.54. The molecule has 2 aromatic carbocycles. The molecule has 0 fully saturated rings. The number of aromatic nitrogens is 6. The maximum Gasteiger partial charge on any atom is 0.182 e. The zero-order valence-corrected chi connectivity index (χ0v) is 14.4. The molecule has 1 N–H and O–H groups in total. The van der Waals surface area contributed by atoms with E-state index in [-0.39, 0.29) is 0 Å². The van der Waals surface area contributed by atoms with Crippen LogP contribution in [0.25, 0.3) is 39.5 Å². The van der Waals surface area contributed by atoms with Gasteiger partial charge >= 0.3 is 0 Å². The van der Waals surface area contributed by atoms with Crippen molar-refractivity contribution in [3.63, 3.8) is 0 Å². The summed E-state index contributed by atoms with van der Waals surface area (Å²) in [6.07, 6.45) is 1.81. The first-order valence-corrected chi connectivity index (χ1v) is 8.43. The number of H-pyrrole nitrogens is 1. The van der Waals surface area contributed by atoms with Crippen molar-refractivity contribution in [2.24, 2.45) is 0 Å². The molecule has 3 heterocycles. The van der Waals surface area contributed by atoms with Gasteiger partial charge in [-0.25, -0.2) is 14.5 Å². The third-order valence-corrected chi connectivity index (χ3v) is 4.50. The summed E-state index contributed by atoms with van der Waals surface area (Å²) in [6.45, 7) is 3.92. The molecule has 6 heteroatoms. The zero-order chi connectivity index (χ0) is 17.7. The molecule has 0 atom stereocenters. The van der Waals surface area contributed by atoms with Crippen LogP contribution in [-0.4, -0.2) is 29.5 Å². The lowest BCUT2D eigenvalue weighted by molar-refractivity contribution is 0.891. The highest BCUT2D eigenvalue weighted by molar-refractivity contribution is 5.83. The molecule has 3 aromatic heterocycles. The Balaban J connectivity index is 1.64. The van der Waals surface area contributed by atoms with Gasteiger partial charge in [-0.1, -0.05) is 30.3 Å². The number of hydrogen-bond donors (Lipinski definition) is 1. The molecule has 0 aliphatic heterocycles. The van der Waals surface area contributed by atoms with Crippen LogP contribution in [0.5, 0.6) is 0 Å². The second-order valence-corrected chi connectivity index (χ2v) is 6.34. The van der Waals surface area contributed by atoms with E-state index in [0.29, 0.717) is 5.82 Å². The Kier molecular flexibility index (Phi) is 3.12. The van der Waals surface area contributed by atoms with Crippen LogP contribution in [-0.2, 0) is 0 Å². The SMILES string of the molecule is Cc1ncc(C)n2nc(-c3ccc4nc(-c5ccccc5)[nH]c4c3)nc12. The van der Waals surface area contributed by atoms with Crippen molar-refractivity contribution in [2.45, 2.75) is 13.8 Å². The predicted molar refractivity (Wildman–Crippen MR) is 101 cm³/mol. The minimum Gasteiger partial charge on any atom is -0.338 e. The minimum absolute atomic E-state index is 0.682. The third-order valence-electron chi connectivity index (χ3n) is 4.50. The van der Waals surface area contributed by atoms with Crippen LogP contribution in [0.2, 0.25) is 0 Å². The van der Waals surface area contributed by atoms with E-state index in [2.05, 4.69) is 25.0 Å². The van der Waals surface area contributed by atoms with Crippen molar-refractivity contribution in [3.8, 4) is 22.8 Å². The van der Waals surface area contributed by atoms with Crippen molar-refractivity contribution < 1.29 is 0 Å². The maximum atomic E-state index is 4.68. The molecule has 5 aromatic rings. The molecule has 6 nitrogen and oxygen atoms in total. The van der Waals surface area contributed by atoms with E-state index in [9.17, 15) is 0 Å². The number of aromatic amines is 1. The van der Waals surface area contributed by atoms with Gasteiger partial charge in [0.1, 0.15) is 5.82 Å². The van der Waals surface area contributed by atoms with E-state index < -0.39 is 0 Å². The molecule has 0 saturated carbocycles. The van der Waals surface area contributed by atoms with Crippen LogP contribution in [0.3, 0.4) is 0 Å². The molecule has 5 rings (SSSR count). The molecule has 126 valence electrons. The molecule has 0 radical (unpaired) electrons. The number of nitrogens with zero attached hydrogens (tertiary/aromatic N) is 5. The lowest BCUT2D eigenvalue weighted by Crippen LogP contribution is -1.97. The van der Waals surface area contributed by atoms with Crippen molar-refractivity contribution in [1.82, 2.24) is 29.5 Å². The highest BCUT2D eigenvalue weighted by atomic mass is 15.3. The van der Waals surface area contributed by atoms with Crippen LogP contribution < -0.4 is 0 Å². The van der Waals surface area contributed by atoms with Crippen LogP contribution in [0.15, 0.2) is 54.7 Å². The molecule has 0 spiro atoms. The van der Waals surface area contributed by atoms with E-state index in [4.69, 9.17) is 0 Å². The number of imidazole rings is 1. The van der Waals surface area contributed by atoms with E-state index >= 15 is 0 Å². The summed E-state index contributed by atoms with van der Waals surface area (Å²) in [5, 5.41) is 4.65. The van der Waals surface area contributed by atoms with Crippen molar-refractivity contribution in [3.05, 3.63) is 66.1 Å². The molecule has 0 aliphatic carbocycles. The van der Waals surface area contributed by atoms with Crippen LogP contribution in [0, 0.1) is 13.8 Å². The quantitative estimate of drug-likeness (QED) is 0.528. The highest BCUT2D eigenvalue weighted by Crippen LogP contribution is 2.25. The summed E-state index contributed by atoms with van der Waals surface area (Å²) in [5.41, 5.74) is 6.50. The maximum absolute atomic E-state index is 4.68. The smallest absolute Gasteiger partial charge is 0.182 e. The van der Waals surface area contributed by atoms with E-state index in [0.717, 1.165) is 45.0 Å². The van der Waals surface area contributed by atoms with Crippen LogP contribution >= 0.6 is 0 Å². The summed E-state index contributed by atoms with van der Waals surface area (Å²) in [7, 11) is 0. The van der Waals surface area contributed by atoms with Crippen molar-refractivity contribution >= 4 is 16.7 Å². The molecule has 0 amide bonds. The average Bonchev–Trinajstić information content (AvgIpc) is 3.30. The first-order chi connectivity index (χ1) is 12.7. The van der Waals surface area contributed by atoms with Gasteiger partial charge in [0.2, 0.25) is 0 Å². The molecule has 0 saturated heterocycles. The first-order valence-electron chi connectivity index (χ1n) is 8.43. The molecule has 26 heavy (non-hydrogen) atoms. The molecule has 0 bridgehead atoms. The summed E-state index contributed by atoms with van der Waals surface area (Å²) in [4.78, 5) is 17.1. The van der Waals surface area contributed by atoms with Crippen molar-refractivity contribution in [2.75, 3.05) is 0 Å². The summed E-state index contributed by atoms with van der Waals surface area (Å²) >= 11 is 0. The predicted octanol–water partition coefficient (Wildman–Crippen LogP) is 3.95. The van der Waals surface area contributed by atoms with E-state index in [1.165, 1.54) is 0 Å². The third kappa shape index (κ3) is 2.27. The van der Waals surface area contributed by atoms with Gasteiger partial charge in [-0.2, -0.15) is 0 Å². The lowest BCUT2D eigenvalue weighted by Gasteiger charge is -1.97. The first kappa shape index (κ1) is 14.8. The Labute approximate surface area is 149 Å². The van der Waals surface area contributed by atoms with Gasteiger partial charge in [0.15, 0.2) is 11.5 Å². The Morgan fingerprint density at radius 2 is 1.77 bits per heavy atom. The van der Waals surface area contributed by atoms with E-state index in [1.807, 2.05) is 73.1 Å². The number of rotatable bonds is 2. The van der Waals surface area contributed by atoms with Gasteiger partial charge in [-0.15, -0.1) is 5.10 Å². The normalized spacial score (nSPS) is 11.5.